The van der Waals surface area contributed by atoms with Gasteiger partial charge in [0.25, 0.3) is 0 Å². The first kappa shape index (κ1) is 23.4. The lowest BCUT2D eigenvalue weighted by molar-refractivity contribution is -0.107. The molecule has 0 amide bonds. The summed E-state index contributed by atoms with van der Waals surface area (Å²) in [7, 11) is 3.35. The molecular formula is C20H40O4. The lowest BCUT2D eigenvalue weighted by atomic mass is 10.1. The Morgan fingerprint density at radius 2 is 1.46 bits per heavy atom. The molecule has 144 valence electrons. The summed E-state index contributed by atoms with van der Waals surface area (Å²) in [5.41, 5.74) is 0. The summed E-state index contributed by atoms with van der Waals surface area (Å²) < 4.78 is 21.1. The van der Waals surface area contributed by atoms with Crippen molar-refractivity contribution in [3.8, 4) is 0 Å². The smallest absolute Gasteiger partial charge is 0.188 e. The van der Waals surface area contributed by atoms with Gasteiger partial charge >= 0.3 is 0 Å². The van der Waals surface area contributed by atoms with E-state index in [1.165, 1.54) is 44.9 Å². The second-order valence-electron chi connectivity index (χ2n) is 6.22. The maximum atomic E-state index is 5.46. The van der Waals surface area contributed by atoms with Gasteiger partial charge in [-0.1, -0.05) is 51.9 Å². The van der Waals surface area contributed by atoms with Gasteiger partial charge in [0.05, 0.1) is 12.9 Å². The van der Waals surface area contributed by atoms with E-state index in [4.69, 9.17) is 18.9 Å². The van der Waals surface area contributed by atoms with Crippen molar-refractivity contribution in [2.75, 3.05) is 27.6 Å². The molecule has 0 saturated carbocycles. The van der Waals surface area contributed by atoms with E-state index in [0.717, 1.165) is 38.7 Å². The fourth-order valence-corrected chi connectivity index (χ4v) is 2.53. The number of hydrogen-bond acceptors (Lipinski definition) is 4. The highest BCUT2D eigenvalue weighted by Crippen LogP contribution is 2.09. The fraction of sp³-hybridized carbons (Fsp3) is 0.900. The minimum atomic E-state index is -0.0741. The van der Waals surface area contributed by atoms with E-state index in [9.17, 15) is 0 Å². The Morgan fingerprint density at radius 3 is 2.12 bits per heavy atom. The summed E-state index contributed by atoms with van der Waals surface area (Å²) in [4.78, 5) is 0. The monoisotopic (exact) mass is 344 g/mol. The van der Waals surface area contributed by atoms with Crippen molar-refractivity contribution in [3.63, 3.8) is 0 Å². The summed E-state index contributed by atoms with van der Waals surface area (Å²) in [6.07, 6.45) is 18.5. The van der Waals surface area contributed by atoms with Crippen LogP contribution >= 0.6 is 0 Å². The molecule has 0 atom stereocenters. The molecule has 0 aliphatic heterocycles. The first-order valence-corrected chi connectivity index (χ1v) is 9.75. The van der Waals surface area contributed by atoms with E-state index in [-0.39, 0.29) is 6.29 Å². The van der Waals surface area contributed by atoms with E-state index in [1.54, 1.807) is 20.5 Å². The first-order valence-electron chi connectivity index (χ1n) is 9.75. The summed E-state index contributed by atoms with van der Waals surface area (Å²) in [6, 6.07) is 0. The molecule has 0 unspecified atom stereocenters. The highest BCUT2D eigenvalue weighted by molar-refractivity contribution is 4.72. The van der Waals surface area contributed by atoms with Crippen LogP contribution in [0.1, 0.15) is 84.0 Å². The van der Waals surface area contributed by atoms with Gasteiger partial charge in [-0.15, -0.1) is 0 Å². The first-order chi connectivity index (χ1) is 11.8. The molecule has 0 N–H and O–H groups in total. The lowest BCUT2D eigenvalue weighted by Crippen LogP contribution is -2.12. The van der Waals surface area contributed by atoms with Crippen LogP contribution in [0.25, 0.3) is 0 Å². The summed E-state index contributed by atoms with van der Waals surface area (Å²) in [5.74, 6) is 0. The molecule has 0 aromatic heterocycles. The highest BCUT2D eigenvalue weighted by Gasteiger charge is 2.02. The van der Waals surface area contributed by atoms with E-state index in [2.05, 4.69) is 6.92 Å². The van der Waals surface area contributed by atoms with Gasteiger partial charge in [0.2, 0.25) is 0 Å². The predicted octanol–water partition coefficient (Wildman–Crippen LogP) is 5.81. The molecule has 0 fully saturated rings. The number of methoxy groups -OCH3 is 2. The molecule has 0 aromatic carbocycles. The van der Waals surface area contributed by atoms with Gasteiger partial charge in [-0.3, -0.25) is 0 Å². The van der Waals surface area contributed by atoms with E-state index >= 15 is 0 Å². The molecule has 24 heavy (non-hydrogen) atoms. The van der Waals surface area contributed by atoms with Gasteiger partial charge in [-0.25, -0.2) is 0 Å². The zero-order valence-corrected chi connectivity index (χ0v) is 16.3. The van der Waals surface area contributed by atoms with Crippen LogP contribution in [0.5, 0.6) is 0 Å². The minimum Gasteiger partial charge on any atom is -0.475 e. The van der Waals surface area contributed by atoms with Gasteiger partial charge in [-0.05, 0) is 38.2 Å². The molecule has 4 heteroatoms. The maximum absolute atomic E-state index is 5.46. The number of hydrogen-bond donors (Lipinski definition) is 0. The number of rotatable bonds is 19. The van der Waals surface area contributed by atoms with E-state index in [1.807, 2.05) is 6.08 Å². The van der Waals surface area contributed by atoms with Crippen molar-refractivity contribution < 1.29 is 18.9 Å². The van der Waals surface area contributed by atoms with Gasteiger partial charge in [0.1, 0.15) is 0 Å². The predicted molar refractivity (Wildman–Crippen MR) is 99.9 cm³/mol. The molecule has 0 heterocycles. The normalized spacial score (nSPS) is 11.7. The lowest BCUT2D eigenvalue weighted by Gasteiger charge is -2.12. The second-order valence-corrected chi connectivity index (χ2v) is 6.22. The average molecular weight is 345 g/mol. The summed E-state index contributed by atoms with van der Waals surface area (Å²) >= 11 is 0. The minimum absolute atomic E-state index is 0.0741. The molecule has 0 bridgehead atoms. The van der Waals surface area contributed by atoms with Crippen molar-refractivity contribution in [2.45, 2.75) is 90.3 Å². The van der Waals surface area contributed by atoms with Crippen molar-refractivity contribution >= 4 is 0 Å². The number of allylic oxidation sites excluding steroid dienone is 1. The Hall–Kier alpha value is -0.580. The van der Waals surface area contributed by atoms with Crippen molar-refractivity contribution in [3.05, 3.63) is 12.3 Å². The van der Waals surface area contributed by atoms with E-state index in [0.29, 0.717) is 6.79 Å². The summed E-state index contributed by atoms with van der Waals surface area (Å²) in [5, 5.41) is 0. The Bertz CT molecular complexity index is 252. The van der Waals surface area contributed by atoms with Crippen molar-refractivity contribution in [1.29, 1.82) is 0 Å². The van der Waals surface area contributed by atoms with Crippen molar-refractivity contribution in [2.24, 2.45) is 0 Å². The summed E-state index contributed by atoms with van der Waals surface area (Å²) in [6.45, 7) is 3.43. The Morgan fingerprint density at radius 1 is 0.792 bits per heavy atom. The number of unbranched alkanes of at least 4 members (excludes halogenated alkanes) is 9. The molecule has 0 rings (SSSR count). The molecule has 4 nitrogen and oxygen atoms in total. The van der Waals surface area contributed by atoms with Crippen LogP contribution < -0.4 is 0 Å². The Labute approximate surface area is 149 Å². The molecule has 0 spiro atoms. The molecular weight excluding hydrogens is 304 g/mol. The van der Waals surface area contributed by atoms with Gasteiger partial charge < -0.3 is 18.9 Å². The van der Waals surface area contributed by atoms with Gasteiger partial charge in [0.15, 0.2) is 13.1 Å². The van der Waals surface area contributed by atoms with Gasteiger partial charge in [0, 0.05) is 14.2 Å². The Kier molecular flexibility index (Phi) is 20.0. The van der Waals surface area contributed by atoms with Crippen LogP contribution in [-0.2, 0) is 18.9 Å². The van der Waals surface area contributed by atoms with Crippen LogP contribution in [0.3, 0.4) is 0 Å². The van der Waals surface area contributed by atoms with Gasteiger partial charge in [-0.2, -0.15) is 0 Å². The highest BCUT2D eigenvalue weighted by atomic mass is 16.7. The SMILES string of the molecule is CCCCCCCCCCOCOC=CCCCCC(OC)OC. The zero-order chi connectivity index (χ0) is 17.7. The second kappa shape index (κ2) is 20.5. The van der Waals surface area contributed by atoms with Crippen LogP contribution in [0.4, 0.5) is 0 Å². The van der Waals surface area contributed by atoms with Crippen LogP contribution in [0.2, 0.25) is 0 Å². The zero-order valence-electron chi connectivity index (χ0n) is 16.3. The third kappa shape index (κ3) is 17.8. The topological polar surface area (TPSA) is 36.9 Å². The number of ether oxygens (including phenoxy) is 4. The standard InChI is InChI=1S/C20H40O4/c1-4-5-6-7-8-9-11-14-17-23-19-24-18-15-12-10-13-16-20(21-2)22-3/h15,18,20H,4-14,16-17,19H2,1-3H3. The van der Waals surface area contributed by atoms with Crippen LogP contribution in [0, 0.1) is 0 Å². The molecule has 0 aromatic rings. The Balaban J connectivity index is 3.13. The average Bonchev–Trinajstić information content (AvgIpc) is 2.61. The van der Waals surface area contributed by atoms with E-state index < -0.39 is 0 Å². The molecule has 0 radical (unpaired) electrons. The third-order valence-electron chi connectivity index (χ3n) is 4.07. The molecule has 0 aliphatic carbocycles. The third-order valence-corrected chi connectivity index (χ3v) is 4.07. The molecule has 0 saturated heterocycles. The quantitative estimate of drug-likeness (QED) is 0.168. The van der Waals surface area contributed by atoms with Crippen LogP contribution in [0.15, 0.2) is 12.3 Å². The van der Waals surface area contributed by atoms with Crippen molar-refractivity contribution in [1.82, 2.24) is 0 Å². The van der Waals surface area contributed by atoms with Crippen LogP contribution in [-0.4, -0.2) is 33.9 Å². The fourth-order valence-electron chi connectivity index (χ4n) is 2.53. The largest absolute Gasteiger partial charge is 0.475 e. The molecule has 0 aliphatic rings. The maximum Gasteiger partial charge on any atom is 0.188 e.